The molecule has 0 spiro atoms. The Balaban J connectivity index is 1.90. The highest BCUT2D eigenvalue weighted by Crippen LogP contribution is 2.29. The van der Waals surface area contributed by atoms with Gasteiger partial charge in [-0.25, -0.2) is 0 Å². The van der Waals surface area contributed by atoms with Gasteiger partial charge in [0.1, 0.15) is 0 Å². The van der Waals surface area contributed by atoms with Gasteiger partial charge in [0.15, 0.2) is 0 Å². The first-order chi connectivity index (χ1) is 10.1. The Morgan fingerprint density at radius 2 is 1.81 bits per heavy atom. The lowest BCUT2D eigenvalue weighted by Gasteiger charge is -2.26. The Kier molecular flexibility index (Phi) is 6.25. The molecule has 0 heterocycles. The van der Waals surface area contributed by atoms with Gasteiger partial charge >= 0.3 is 0 Å². The lowest BCUT2D eigenvalue weighted by atomic mass is 9.98. The predicted octanol–water partition coefficient (Wildman–Crippen LogP) is 4.16. The maximum atomic E-state index is 3.51. The highest BCUT2D eigenvalue weighted by Gasteiger charge is 2.29. The maximum Gasteiger partial charge on any atom is 0.0332 e. The van der Waals surface area contributed by atoms with Gasteiger partial charge in [0.2, 0.25) is 0 Å². The number of rotatable bonds is 9. The molecule has 2 rings (SSSR count). The third-order valence-corrected chi connectivity index (χ3v) is 4.67. The first kappa shape index (κ1) is 16.5. The molecular formula is C19H32N2. The second-order valence-corrected chi connectivity index (χ2v) is 6.94. The molecule has 1 fully saturated rings. The number of benzene rings is 1. The quantitative estimate of drug-likeness (QED) is 0.734. The highest BCUT2D eigenvalue weighted by atomic mass is 15.2. The second-order valence-electron chi connectivity index (χ2n) is 6.94. The van der Waals surface area contributed by atoms with E-state index in [-0.39, 0.29) is 0 Å². The summed E-state index contributed by atoms with van der Waals surface area (Å²) in [6, 6.07) is 10.1. The van der Waals surface area contributed by atoms with E-state index in [2.05, 4.69) is 62.3 Å². The van der Waals surface area contributed by atoms with Crippen molar-refractivity contribution in [2.45, 2.75) is 58.5 Å². The van der Waals surface area contributed by atoms with Gasteiger partial charge in [-0.3, -0.25) is 0 Å². The second kappa shape index (κ2) is 7.95. The van der Waals surface area contributed by atoms with Crippen molar-refractivity contribution in [3.05, 3.63) is 35.4 Å². The number of nitrogens with zero attached hydrogens (tertiary/aromatic N) is 1. The fraction of sp³-hybridized carbons (Fsp3) is 0.684. The van der Waals surface area contributed by atoms with Gasteiger partial charge in [-0.2, -0.15) is 0 Å². The molecule has 1 unspecified atom stereocenters. The standard InChI is InChI=1S/C19H32N2/c1-15(2)11-13-21(17-9-10-17)14-12-19(20-4)18-8-6-5-7-16(18)3/h5-8,15,17,19-20H,9-14H2,1-4H3. The summed E-state index contributed by atoms with van der Waals surface area (Å²) < 4.78 is 0. The summed E-state index contributed by atoms with van der Waals surface area (Å²) in [7, 11) is 2.09. The smallest absolute Gasteiger partial charge is 0.0332 e. The van der Waals surface area contributed by atoms with Crippen LogP contribution in [0.5, 0.6) is 0 Å². The third-order valence-electron chi connectivity index (χ3n) is 4.67. The highest BCUT2D eigenvalue weighted by molar-refractivity contribution is 5.28. The summed E-state index contributed by atoms with van der Waals surface area (Å²) in [5.41, 5.74) is 2.86. The summed E-state index contributed by atoms with van der Waals surface area (Å²) in [5.74, 6) is 0.808. The molecule has 2 heteroatoms. The molecule has 118 valence electrons. The van der Waals surface area contributed by atoms with Gasteiger partial charge in [-0.05, 0) is 63.2 Å². The number of hydrogen-bond donors (Lipinski definition) is 1. The fourth-order valence-corrected chi connectivity index (χ4v) is 3.07. The summed E-state index contributed by atoms with van der Waals surface area (Å²) in [6.07, 6.45) is 5.35. The van der Waals surface area contributed by atoms with Crippen LogP contribution in [0.25, 0.3) is 0 Å². The van der Waals surface area contributed by atoms with Crippen molar-refractivity contribution in [2.24, 2.45) is 5.92 Å². The van der Waals surface area contributed by atoms with Crippen LogP contribution in [0.15, 0.2) is 24.3 Å². The van der Waals surface area contributed by atoms with Crippen molar-refractivity contribution < 1.29 is 0 Å². The summed E-state index contributed by atoms with van der Waals surface area (Å²) in [6.45, 7) is 9.37. The zero-order valence-electron chi connectivity index (χ0n) is 14.2. The number of hydrogen-bond acceptors (Lipinski definition) is 2. The minimum atomic E-state index is 0.478. The molecule has 0 bridgehead atoms. The van der Waals surface area contributed by atoms with E-state index in [9.17, 15) is 0 Å². The van der Waals surface area contributed by atoms with Crippen LogP contribution in [0, 0.1) is 12.8 Å². The predicted molar refractivity (Wildman–Crippen MR) is 91.6 cm³/mol. The van der Waals surface area contributed by atoms with E-state index in [1.807, 2.05) is 0 Å². The van der Waals surface area contributed by atoms with Crippen LogP contribution in [-0.4, -0.2) is 31.1 Å². The molecule has 0 amide bonds. The van der Waals surface area contributed by atoms with E-state index >= 15 is 0 Å². The molecule has 0 saturated heterocycles. The molecule has 1 aromatic rings. The van der Waals surface area contributed by atoms with Gasteiger partial charge in [0.05, 0.1) is 0 Å². The van der Waals surface area contributed by atoms with Crippen LogP contribution in [0.3, 0.4) is 0 Å². The van der Waals surface area contributed by atoms with Gasteiger partial charge in [-0.1, -0.05) is 38.1 Å². The molecule has 21 heavy (non-hydrogen) atoms. The van der Waals surface area contributed by atoms with Crippen molar-refractivity contribution in [1.29, 1.82) is 0 Å². The SMILES string of the molecule is CNC(CCN(CCC(C)C)C1CC1)c1ccccc1C. The van der Waals surface area contributed by atoms with Crippen molar-refractivity contribution in [3.63, 3.8) is 0 Å². The van der Waals surface area contributed by atoms with Crippen molar-refractivity contribution >= 4 is 0 Å². The van der Waals surface area contributed by atoms with Crippen LogP contribution >= 0.6 is 0 Å². The monoisotopic (exact) mass is 288 g/mol. The average Bonchev–Trinajstić information content (AvgIpc) is 3.28. The summed E-state index contributed by atoms with van der Waals surface area (Å²) >= 11 is 0. The number of aryl methyl sites for hydroxylation is 1. The first-order valence-electron chi connectivity index (χ1n) is 8.58. The zero-order chi connectivity index (χ0) is 15.2. The minimum absolute atomic E-state index is 0.478. The van der Waals surface area contributed by atoms with E-state index in [1.165, 1.54) is 49.9 Å². The van der Waals surface area contributed by atoms with Gasteiger partial charge in [-0.15, -0.1) is 0 Å². The molecule has 0 radical (unpaired) electrons. The molecule has 1 aromatic carbocycles. The molecule has 1 saturated carbocycles. The lowest BCUT2D eigenvalue weighted by molar-refractivity contribution is 0.235. The molecular weight excluding hydrogens is 256 g/mol. The Hall–Kier alpha value is -0.860. The van der Waals surface area contributed by atoms with E-state index in [0.717, 1.165) is 12.0 Å². The molecule has 0 aliphatic heterocycles. The van der Waals surface area contributed by atoms with E-state index in [1.54, 1.807) is 0 Å². The largest absolute Gasteiger partial charge is 0.313 e. The first-order valence-corrected chi connectivity index (χ1v) is 8.58. The molecule has 1 aliphatic rings. The van der Waals surface area contributed by atoms with Crippen LogP contribution in [-0.2, 0) is 0 Å². The Labute approximate surface area is 130 Å². The minimum Gasteiger partial charge on any atom is -0.313 e. The lowest BCUT2D eigenvalue weighted by Crippen LogP contribution is -2.32. The van der Waals surface area contributed by atoms with E-state index in [4.69, 9.17) is 0 Å². The van der Waals surface area contributed by atoms with Crippen LogP contribution in [0.2, 0.25) is 0 Å². The maximum absolute atomic E-state index is 3.51. The number of nitrogens with one attached hydrogen (secondary N) is 1. The summed E-state index contributed by atoms with van der Waals surface area (Å²) in [4.78, 5) is 2.72. The van der Waals surface area contributed by atoms with Crippen molar-refractivity contribution in [1.82, 2.24) is 10.2 Å². The topological polar surface area (TPSA) is 15.3 Å². The van der Waals surface area contributed by atoms with Crippen molar-refractivity contribution in [2.75, 3.05) is 20.1 Å². The Morgan fingerprint density at radius 1 is 1.14 bits per heavy atom. The summed E-state index contributed by atoms with van der Waals surface area (Å²) in [5, 5.41) is 3.51. The van der Waals surface area contributed by atoms with Crippen LogP contribution in [0.4, 0.5) is 0 Å². The fourth-order valence-electron chi connectivity index (χ4n) is 3.07. The molecule has 1 atom stereocenters. The molecule has 0 aromatic heterocycles. The molecule has 1 N–H and O–H groups in total. The van der Waals surface area contributed by atoms with Crippen molar-refractivity contribution in [3.8, 4) is 0 Å². The van der Waals surface area contributed by atoms with Crippen LogP contribution in [0.1, 0.15) is 56.7 Å². The van der Waals surface area contributed by atoms with E-state index in [0.29, 0.717) is 6.04 Å². The van der Waals surface area contributed by atoms with Gasteiger partial charge < -0.3 is 10.2 Å². The van der Waals surface area contributed by atoms with Gasteiger partial charge in [0, 0.05) is 18.6 Å². The van der Waals surface area contributed by atoms with Gasteiger partial charge in [0.25, 0.3) is 0 Å². The third kappa shape index (κ3) is 5.12. The Morgan fingerprint density at radius 3 is 2.38 bits per heavy atom. The van der Waals surface area contributed by atoms with E-state index < -0.39 is 0 Å². The van der Waals surface area contributed by atoms with Crippen LogP contribution < -0.4 is 5.32 Å². The normalized spacial score (nSPS) is 16.7. The molecule has 2 nitrogen and oxygen atoms in total. The zero-order valence-corrected chi connectivity index (χ0v) is 14.2. The molecule has 1 aliphatic carbocycles. The Bertz CT molecular complexity index is 423. The average molecular weight is 288 g/mol.